The minimum absolute atomic E-state index is 0.220. The Labute approximate surface area is 274 Å². The molecule has 46 heavy (non-hydrogen) atoms. The van der Waals surface area contributed by atoms with Gasteiger partial charge in [0.1, 0.15) is 18.4 Å². The molecule has 250 valence electrons. The fourth-order valence-electron chi connectivity index (χ4n) is 5.20. The Kier molecular flexibility index (Phi) is 14.1. The lowest BCUT2D eigenvalue weighted by Gasteiger charge is -2.33. The van der Waals surface area contributed by atoms with Gasteiger partial charge < -0.3 is 30.5 Å². The van der Waals surface area contributed by atoms with Crippen LogP contribution in [0.1, 0.15) is 50.3 Å². The van der Waals surface area contributed by atoms with Gasteiger partial charge in [-0.15, -0.1) is 0 Å². The minimum Gasteiger partial charge on any atom is -0.489 e. The van der Waals surface area contributed by atoms with Gasteiger partial charge >= 0.3 is 0 Å². The van der Waals surface area contributed by atoms with Gasteiger partial charge in [0.2, 0.25) is 11.8 Å². The van der Waals surface area contributed by atoms with Crippen LogP contribution >= 0.6 is 0 Å². The maximum Gasteiger partial charge on any atom is 0.243 e. The van der Waals surface area contributed by atoms with E-state index in [0.717, 1.165) is 22.4 Å². The zero-order chi connectivity index (χ0) is 33.7. The van der Waals surface area contributed by atoms with Gasteiger partial charge in [0.15, 0.2) is 0 Å². The standard InChI is InChI=1S/C37H52N4O5/c1-7-37(25-42,26-43)39-35(44)33(22-28-15-19-32(20-16-28)46-24-30-11-9-8-10-12-30)38-36(45)34(21-27(2)3)41(6)23-29-13-17-31(18-14-29)40(4)5/h8-20,27,33-34,42-43H,7,21-26H2,1-6H3,(H,38,45)(H,39,44)/t33-,34+/m0/s1. The van der Waals surface area contributed by atoms with Crippen molar-refractivity contribution >= 4 is 17.5 Å². The van der Waals surface area contributed by atoms with Crippen molar-refractivity contribution in [1.82, 2.24) is 15.5 Å². The van der Waals surface area contributed by atoms with Crippen molar-refractivity contribution < 1.29 is 24.5 Å². The van der Waals surface area contributed by atoms with E-state index >= 15 is 0 Å². The number of benzene rings is 3. The highest BCUT2D eigenvalue weighted by molar-refractivity contribution is 5.90. The molecule has 2 atom stereocenters. The summed E-state index contributed by atoms with van der Waals surface area (Å²) >= 11 is 0. The largest absolute Gasteiger partial charge is 0.489 e. The Hall–Kier alpha value is -3.92. The van der Waals surface area contributed by atoms with Crippen molar-refractivity contribution in [3.05, 3.63) is 95.6 Å². The maximum atomic E-state index is 13.9. The third-order valence-corrected chi connectivity index (χ3v) is 8.33. The van der Waals surface area contributed by atoms with Crippen molar-refractivity contribution in [2.45, 2.75) is 70.8 Å². The molecule has 4 N–H and O–H groups in total. The number of aliphatic hydroxyl groups is 2. The summed E-state index contributed by atoms with van der Waals surface area (Å²) in [4.78, 5) is 31.7. The molecule has 0 saturated carbocycles. The Morgan fingerprint density at radius 2 is 1.43 bits per heavy atom. The van der Waals surface area contributed by atoms with E-state index < -0.39 is 36.7 Å². The van der Waals surface area contributed by atoms with E-state index in [1.807, 2.05) is 85.5 Å². The third-order valence-electron chi connectivity index (χ3n) is 8.33. The average molecular weight is 633 g/mol. The first-order chi connectivity index (χ1) is 22.0. The molecule has 0 aromatic heterocycles. The number of ether oxygens (including phenoxy) is 1. The smallest absolute Gasteiger partial charge is 0.243 e. The number of nitrogens with zero attached hydrogens (tertiary/aromatic N) is 2. The molecular formula is C37H52N4O5. The number of hydrogen-bond acceptors (Lipinski definition) is 7. The van der Waals surface area contributed by atoms with Crippen molar-refractivity contribution in [3.8, 4) is 5.75 Å². The van der Waals surface area contributed by atoms with Gasteiger partial charge in [0.25, 0.3) is 0 Å². The molecule has 0 aliphatic heterocycles. The van der Waals surface area contributed by atoms with Crippen molar-refractivity contribution in [1.29, 1.82) is 0 Å². The van der Waals surface area contributed by atoms with E-state index in [-0.39, 0.29) is 18.2 Å². The van der Waals surface area contributed by atoms with Gasteiger partial charge in [-0.1, -0.05) is 75.4 Å². The number of anilines is 1. The second-order valence-corrected chi connectivity index (χ2v) is 12.7. The number of likely N-dealkylation sites (N-methyl/N-ethyl adjacent to an activating group) is 1. The highest BCUT2D eigenvalue weighted by Crippen LogP contribution is 2.19. The van der Waals surface area contributed by atoms with Crippen LogP contribution in [0.15, 0.2) is 78.9 Å². The lowest BCUT2D eigenvalue weighted by Crippen LogP contribution is -2.60. The highest BCUT2D eigenvalue weighted by Gasteiger charge is 2.34. The topological polar surface area (TPSA) is 114 Å². The summed E-state index contributed by atoms with van der Waals surface area (Å²) in [6.45, 7) is 6.08. The van der Waals surface area contributed by atoms with Crippen molar-refractivity contribution in [2.24, 2.45) is 5.92 Å². The minimum atomic E-state index is -1.19. The second kappa shape index (κ2) is 17.7. The molecule has 3 rings (SSSR count). The van der Waals surface area contributed by atoms with E-state index in [2.05, 4.69) is 48.7 Å². The second-order valence-electron chi connectivity index (χ2n) is 12.7. The number of carbonyl (C=O) groups is 2. The van der Waals surface area contributed by atoms with Gasteiger partial charge in [-0.2, -0.15) is 0 Å². The first kappa shape index (κ1) is 36.5. The van der Waals surface area contributed by atoms with E-state index in [0.29, 0.717) is 31.7 Å². The number of rotatable bonds is 18. The molecular weight excluding hydrogens is 580 g/mol. The van der Waals surface area contributed by atoms with Crippen molar-refractivity contribution in [3.63, 3.8) is 0 Å². The summed E-state index contributed by atoms with van der Waals surface area (Å²) in [7, 11) is 5.92. The number of aliphatic hydroxyl groups excluding tert-OH is 2. The van der Waals surface area contributed by atoms with Crippen LogP contribution in [0.4, 0.5) is 5.69 Å². The predicted molar refractivity (Wildman–Crippen MR) is 184 cm³/mol. The Morgan fingerprint density at radius 1 is 0.826 bits per heavy atom. The zero-order valence-electron chi connectivity index (χ0n) is 28.2. The molecule has 0 heterocycles. The number of carbonyl (C=O) groups excluding carboxylic acids is 2. The molecule has 9 nitrogen and oxygen atoms in total. The fraction of sp³-hybridized carbons (Fsp3) is 0.459. The van der Waals surface area contributed by atoms with E-state index in [1.165, 1.54) is 0 Å². The Bertz CT molecular complexity index is 1330. The lowest BCUT2D eigenvalue weighted by molar-refractivity contribution is -0.133. The first-order valence-corrected chi connectivity index (χ1v) is 16.1. The molecule has 9 heteroatoms. The highest BCUT2D eigenvalue weighted by atomic mass is 16.5. The summed E-state index contributed by atoms with van der Waals surface area (Å²) in [6.07, 6.45) is 1.15. The number of hydrogen-bond donors (Lipinski definition) is 4. The van der Waals surface area contributed by atoms with Crippen molar-refractivity contribution in [2.75, 3.05) is 39.3 Å². The Balaban J connectivity index is 1.80. The number of nitrogens with one attached hydrogen (secondary N) is 2. The molecule has 0 radical (unpaired) electrons. The van der Waals surface area contributed by atoms with E-state index in [1.54, 1.807) is 6.92 Å². The SMILES string of the molecule is CCC(CO)(CO)NC(=O)[C@H](Cc1ccc(OCc2ccccc2)cc1)NC(=O)[C@@H](CC(C)C)N(C)Cc1ccc(N(C)C)cc1. The van der Waals surface area contributed by atoms with Crippen LogP contribution in [0, 0.1) is 5.92 Å². The molecule has 0 aliphatic rings. The van der Waals surface area contributed by atoms with Gasteiger partial charge in [0, 0.05) is 32.7 Å². The molecule has 0 unspecified atom stereocenters. The summed E-state index contributed by atoms with van der Waals surface area (Å²) < 4.78 is 5.92. The van der Waals surface area contributed by atoms with Gasteiger partial charge in [-0.25, -0.2) is 0 Å². The van der Waals surface area contributed by atoms with Crippen LogP contribution in [0.25, 0.3) is 0 Å². The zero-order valence-corrected chi connectivity index (χ0v) is 28.2. The molecule has 0 bridgehead atoms. The fourth-order valence-corrected chi connectivity index (χ4v) is 5.20. The number of amides is 2. The van der Waals surface area contributed by atoms with E-state index in [4.69, 9.17) is 4.74 Å². The molecule has 0 saturated heterocycles. The van der Waals surface area contributed by atoms with E-state index in [9.17, 15) is 19.8 Å². The summed E-state index contributed by atoms with van der Waals surface area (Å²) in [6, 6.07) is 24.2. The van der Waals surface area contributed by atoms with Crippen LogP contribution in [0.5, 0.6) is 5.75 Å². The lowest BCUT2D eigenvalue weighted by atomic mass is 9.96. The van der Waals surface area contributed by atoms with Gasteiger partial charge in [-0.3, -0.25) is 14.5 Å². The van der Waals surface area contributed by atoms with Crippen LogP contribution in [-0.2, 0) is 29.2 Å². The molecule has 0 aliphatic carbocycles. The molecule has 3 aromatic rings. The molecule has 2 amide bonds. The monoisotopic (exact) mass is 632 g/mol. The molecule has 0 fully saturated rings. The van der Waals surface area contributed by atoms with Gasteiger partial charge in [0.05, 0.1) is 24.8 Å². The van der Waals surface area contributed by atoms with Gasteiger partial charge in [-0.05, 0) is 66.8 Å². The Morgan fingerprint density at radius 3 is 1.98 bits per heavy atom. The van der Waals surface area contributed by atoms with Crippen LogP contribution < -0.4 is 20.3 Å². The molecule has 3 aromatic carbocycles. The normalized spacial score (nSPS) is 12.9. The quantitative estimate of drug-likeness (QED) is 0.167. The maximum absolute atomic E-state index is 13.9. The first-order valence-electron chi connectivity index (χ1n) is 16.1. The van der Waals surface area contributed by atoms with Crippen LogP contribution in [-0.4, -0.2) is 78.9 Å². The summed E-state index contributed by atoms with van der Waals surface area (Å²) in [5.41, 5.74) is 2.88. The van der Waals surface area contributed by atoms with Crippen LogP contribution in [0.3, 0.4) is 0 Å². The average Bonchev–Trinajstić information content (AvgIpc) is 3.06. The molecule has 0 spiro atoms. The summed E-state index contributed by atoms with van der Waals surface area (Å²) in [5.74, 6) is 0.217. The predicted octanol–water partition coefficient (Wildman–Crippen LogP) is 4.16. The summed E-state index contributed by atoms with van der Waals surface area (Å²) in [5, 5.41) is 25.9. The van der Waals surface area contributed by atoms with Crippen LogP contribution in [0.2, 0.25) is 0 Å². The third kappa shape index (κ3) is 10.9.